The molecule has 0 aliphatic carbocycles. The molecule has 0 spiro atoms. The van der Waals surface area contributed by atoms with Gasteiger partial charge in [0.1, 0.15) is 0 Å². The van der Waals surface area contributed by atoms with Gasteiger partial charge in [-0.3, -0.25) is 9.69 Å². The highest BCUT2D eigenvalue weighted by molar-refractivity contribution is 5.81. The molecule has 3 nitrogen and oxygen atoms in total. The Hall–Kier alpha value is -2.57. The average molecular weight is 389 g/mol. The topological polar surface area (TPSA) is 23.6 Å². The number of benzene rings is 2. The van der Waals surface area contributed by atoms with Crippen LogP contribution < -0.4 is 0 Å². The normalized spacial score (nSPS) is 15.6. The van der Waals surface area contributed by atoms with Crippen LogP contribution in [-0.2, 0) is 4.79 Å². The molecule has 1 saturated heterocycles. The van der Waals surface area contributed by atoms with E-state index in [1.54, 1.807) is 0 Å². The zero-order valence-corrected chi connectivity index (χ0v) is 18.3. The van der Waals surface area contributed by atoms with E-state index in [4.69, 9.17) is 0 Å². The molecule has 1 fully saturated rings. The van der Waals surface area contributed by atoms with Crippen LogP contribution in [0.25, 0.3) is 11.1 Å². The van der Waals surface area contributed by atoms with E-state index in [0.717, 1.165) is 31.7 Å². The Labute approximate surface area is 175 Å². The van der Waals surface area contributed by atoms with Crippen LogP contribution in [0.3, 0.4) is 0 Å². The predicted octanol–water partition coefficient (Wildman–Crippen LogP) is 4.67. The Morgan fingerprint density at radius 3 is 2.07 bits per heavy atom. The second-order valence-corrected chi connectivity index (χ2v) is 9.29. The van der Waals surface area contributed by atoms with Crippen LogP contribution in [0.2, 0.25) is 0 Å². The number of carbonyl (C=O) groups excluding carboxylic acids is 1. The van der Waals surface area contributed by atoms with Crippen molar-refractivity contribution in [2.24, 2.45) is 5.41 Å². The molecular weight excluding hydrogens is 356 g/mol. The molecule has 0 saturated carbocycles. The van der Waals surface area contributed by atoms with Gasteiger partial charge < -0.3 is 4.90 Å². The van der Waals surface area contributed by atoms with Gasteiger partial charge in [-0.05, 0) is 37.1 Å². The first-order valence-corrected chi connectivity index (χ1v) is 10.4. The van der Waals surface area contributed by atoms with Gasteiger partial charge in [0, 0.05) is 37.2 Å². The lowest BCUT2D eigenvalue weighted by Gasteiger charge is -2.42. The second kappa shape index (κ2) is 8.43. The first-order valence-electron chi connectivity index (χ1n) is 10.4. The van der Waals surface area contributed by atoms with Gasteiger partial charge in [0.25, 0.3) is 0 Å². The van der Waals surface area contributed by atoms with E-state index < -0.39 is 0 Å². The van der Waals surface area contributed by atoms with Crippen molar-refractivity contribution >= 4 is 5.91 Å². The van der Waals surface area contributed by atoms with Gasteiger partial charge in [0.15, 0.2) is 0 Å². The monoisotopic (exact) mass is 388 g/mol. The summed E-state index contributed by atoms with van der Waals surface area (Å²) in [6.45, 7) is 13.5. The average Bonchev–Trinajstić information content (AvgIpc) is 2.72. The van der Waals surface area contributed by atoms with E-state index in [1.165, 1.54) is 11.1 Å². The number of nitrogens with zero attached hydrogens (tertiary/aromatic N) is 2. The molecule has 0 N–H and O–H groups in total. The summed E-state index contributed by atoms with van der Waals surface area (Å²) in [6.07, 6.45) is 0. The van der Waals surface area contributed by atoms with Crippen molar-refractivity contribution in [2.45, 2.75) is 40.2 Å². The Morgan fingerprint density at radius 1 is 0.828 bits per heavy atom. The minimum atomic E-state index is -0.318. The maximum atomic E-state index is 12.5. The quantitative estimate of drug-likeness (QED) is 0.698. The lowest BCUT2D eigenvalue weighted by molar-refractivity contribution is -0.141. The fourth-order valence-electron chi connectivity index (χ4n) is 3.65. The van der Waals surface area contributed by atoms with E-state index in [-0.39, 0.29) is 16.9 Å². The number of hydrogen-bond donors (Lipinski definition) is 0. The molecule has 29 heavy (non-hydrogen) atoms. The Morgan fingerprint density at radius 2 is 1.45 bits per heavy atom. The largest absolute Gasteiger partial charge is 0.340 e. The molecule has 0 unspecified atom stereocenters. The van der Waals surface area contributed by atoms with Gasteiger partial charge in [-0.25, -0.2) is 0 Å². The Balaban J connectivity index is 1.69. The zero-order valence-electron chi connectivity index (χ0n) is 18.3. The van der Waals surface area contributed by atoms with Crippen LogP contribution in [0.1, 0.15) is 40.2 Å². The van der Waals surface area contributed by atoms with Crippen molar-refractivity contribution in [2.75, 3.05) is 26.2 Å². The molecule has 2 aromatic rings. The van der Waals surface area contributed by atoms with Crippen molar-refractivity contribution in [3.63, 3.8) is 0 Å². The summed E-state index contributed by atoms with van der Waals surface area (Å²) in [5.41, 5.74) is 2.86. The number of piperazine rings is 1. The number of amides is 1. The Kier molecular flexibility index (Phi) is 6.15. The summed E-state index contributed by atoms with van der Waals surface area (Å²) in [4.78, 5) is 16.9. The third kappa shape index (κ3) is 5.28. The maximum absolute atomic E-state index is 12.5. The number of hydrogen-bond acceptors (Lipinski definition) is 2. The molecule has 0 atom stereocenters. The van der Waals surface area contributed by atoms with Gasteiger partial charge in [-0.15, -0.1) is 0 Å². The molecule has 2 aromatic carbocycles. The number of carbonyl (C=O) groups is 1. The highest BCUT2D eigenvalue weighted by Gasteiger charge is 2.33. The van der Waals surface area contributed by atoms with Gasteiger partial charge in [-0.2, -0.15) is 0 Å². The summed E-state index contributed by atoms with van der Waals surface area (Å²) in [5, 5.41) is 0. The lowest BCUT2D eigenvalue weighted by atomic mass is 9.94. The van der Waals surface area contributed by atoms with Crippen LogP contribution in [0.4, 0.5) is 0 Å². The lowest BCUT2D eigenvalue weighted by Crippen LogP contribution is -2.56. The minimum Gasteiger partial charge on any atom is -0.340 e. The molecule has 1 heterocycles. The third-order valence-electron chi connectivity index (χ3n) is 5.48. The third-order valence-corrected chi connectivity index (χ3v) is 5.48. The molecule has 0 radical (unpaired) electrons. The summed E-state index contributed by atoms with van der Waals surface area (Å²) in [6, 6.07) is 18.8. The van der Waals surface area contributed by atoms with Gasteiger partial charge in [0.05, 0.1) is 5.54 Å². The van der Waals surface area contributed by atoms with Crippen LogP contribution in [0, 0.1) is 17.3 Å². The van der Waals surface area contributed by atoms with Crippen LogP contribution >= 0.6 is 0 Å². The minimum absolute atomic E-state index is 0.235. The fourth-order valence-corrected chi connectivity index (χ4v) is 3.65. The summed E-state index contributed by atoms with van der Waals surface area (Å²) in [7, 11) is 0. The van der Waals surface area contributed by atoms with E-state index >= 15 is 0 Å². The smallest absolute Gasteiger partial charge is 0.228 e. The molecule has 152 valence electrons. The molecule has 0 aromatic heterocycles. The molecule has 1 aliphatic rings. The van der Waals surface area contributed by atoms with Crippen LogP contribution in [0.5, 0.6) is 0 Å². The van der Waals surface area contributed by atoms with Gasteiger partial charge in [0.2, 0.25) is 5.91 Å². The second-order valence-electron chi connectivity index (χ2n) is 9.29. The van der Waals surface area contributed by atoms with Crippen molar-refractivity contribution < 1.29 is 4.79 Å². The number of rotatable bonds is 2. The molecule has 3 heteroatoms. The molecule has 3 rings (SSSR count). The summed E-state index contributed by atoms with van der Waals surface area (Å²) in [5.74, 6) is 7.08. The van der Waals surface area contributed by atoms with E-state index in [9.17, 15) is 4.79 Å². The van der Waals surface area contributed by atoms with E-state index in [2.05, 4.69) is 79.1 Å². The predicted molar refractivity (Wildman–Crippen MR) is 120 cm³/mol. The van der Waals surface area contributed by atoms with Crippen molar-refractivity contribution in [3.8, 4) is 23.0 Å². The molecule has 0 bridgehead atoms. The fraction of sp³-hybridized carbons (Fsp3) is 0.423. The maximum Gasteiger partial charge on any atom is 0.228 e. The highest BCUT2D eigenvalue weighted by atomic mass is 16.2. The van der Waals surface area contributed by atoms with Crippen molar-refractivity contribution in [3.05, 3.63) is 60.2 Å². The van der Waals surface area contributed by atoms with Crippen LogP contribution in [0.15, 0.2) is 54.6 Å². The molecule has 1 amide bonds. The van der Waals surface area contributed by atoms with E-state index in [0.29, 0.717) is 0 Å². The highest BCUT2D eigenvalue weighted by Crippen LogP contribution is 2.22. The van der Waals surface area contributed by atoms with Gasteiger partial charge >= 0.3 is 0 Å². The Bertz CT molecular complexity index is 905. The van der Waals surface area contributed by atoms with Crippen LogP contribution in [-0.4, -0.2) is 47.4 Å². The van der Waals surface area contributed by atoms with E-state index in [1.807, 2.05) is 31.7 Å². The first-order chi connectivity index (χ1) is 13.7. The standard InChI is InChI=1S/C26H32N2O/c1-25(2,3)24(29)27-16-18-28(19-17-27)26(4,5)15-14-21-10-9-13-23(20-21)22-11-7-6-8-12-22/h6-13,20H,16-19H2,1-5H3. The molecule has 1 aliphatic heterocycles. The SMILES string of the molecule is CC(C)(C)C(=O)N1CCN(C(C)(C)C#Cc2cccc(-c3ccccc3)c2)CC1. The summed E-state index contributed by atoms with van der Waals surface area (Å²) >= 11 is 0. The summed E-state index contributed by atoms with van der Waals surface area (Å²) < 4.78 is 0. The first kappa shape index (κ1) is 21.1. The van der Waals surface area contributed by atoms with Crippen molar-refractivity contribution in [1.29, 1.82) is 0 Å². The van der Waals surface area contributed by atoms with Crippen molar-refractivity contribution in [1.82, 2.24) is 9.80 Å². The zero-order chi connectivity index (χ0) is 21.1. The molecular formula is C26H32N2O. The van der Waals surface area contributed by atoms with Gasteiger partial charge in [-0.1, -0.05) is 75.1 Å².